The zero-order valence-electron chi connectivity index (χ0n) is 12.8. The first-order valence-corrected chi connectivity index (χ1v) is 11.5. The maximum Gasteiger partial charge on any atom is 0.244 e. The molecule has 1 unspecified atom stereocenters. The second-order valence-electron chi connectivity index (χ2n) is 5.19. The molecule has 2 aromatic rings. The molecule has 4 nitrogen and oxygen atoms in total. The van der Waals surface area contributed by atoms with Crippen LogP contribution in [0.3, 0.4) is 0 Å². The van der Waals surface area contributed by atoms with Crippen molar-refractivity contribution in [2.24, 2.45) is 0 Å². The Hall–Kier alpha value is -0.290. The Bertz CT molecular complexity index is 843. The van der Waals surface area contributed by atoms with Gasteiger partial charge in [0.1, 0.15) is 5.75 Å². The predicted octanol–water partition coefficient (Wildman–Crippen LogP) is 4.50. The third-order valence-electron chi connectivity index (χ3n) is 3.73. The molecule has 0 radical (unpaired) electrons. The molecule has 2 aromatic carbocycles. The van der Waals surface area contributed by atoms with Gasteiger partial charge in [-0.15, -0.1) is 11.8 Å². The Morgan fingerprint density at radius 2 is 1.96 bits per heavy atom. The van der Waals surface area contributed by atoms with Crippen molar-refractivity contribution < 1.29 is 13.2 Å². The van der Waals surface area contributed by atoms with Gasteiger partial charge in [0.25, 0.3) is 0 Å². The van der Waals surface area contributed by atoms with Crippen LogP contribution in [0.4, 0.5) is 0 Å². The summed E-state index contributed by atoms with van der Waals surface area (Å²) < 4.78 is 34.7. The molecule has 1 atom stereocenters. The van der Waals surface area contributed by atoms with Crippen molar-refractivity contribution in [3.63, 3.8) is 0 Å². The second kappa shape index (κ2) is 7.53. The van der Waals surface area contributed by atoms with E-state index in [0.717, 1.165) is 25.1 Å². The number of sulfonamides is 1. The van der Waals surface area contributed by atoms with Gasteiger partial charge in [0.2, 0.25) is 10.0 Å². The first kappa shape index (κ1) is 18.5. The number of halogens is 2. The average molecular weight is 540 g/mol. The highest BCUT2D eigenvalue weighted by molar-refractivity contribution is 14.1. The molecule has 0 saturated carbocycles. The van der Waals surface area contributed by atoms with Gasteiger partial charge in [-0.2, -0.15) is 4.31 Å². The van der Waals surface area contributed by atoms with Crippen LogP contribution in [0.15, 0.2) is 51.8 Å². The van der Waals surface area contributed by atoms with Gasteiger partial charge in [0, 0.05) is 15.9 Å². The molecule has 1 aliphatic heterocycles. The first-order valence-electron chi connectivity index (χ1n) is 7.16. The molecular formula is C16H15BrINO3S2. The van der Waals surface area contributed by atoms with Crippen molar-refractivity contribution in [3.05, 3.63) is 56.1 Å². The van der Waals surface area contributed by atoms with E-state index >= 15 is 0 Å². The number of methoxy groups -OCH3 is 1. The summed E-state index contributed by atoms with van der Waals surface area (Å²) in [7, 11) is -1.91. The minimum absolute atomic E-state index is 0.225. The van der Waals surface area contributed by atoms with E-state index in [9.17, 15) is 8.42 Å². The minimum atomic E-state index is -3.52. The van der Waals surface area contributed by atoms with Gasteiger partial charge in [-0.1, -0.05) is 6.07 Å². The average Bonchev–Trinajstić information content (AvgIpc) is 3.05. The van der Waals surface area contributed by atoms with Crippen molar-refractivity contribution in [1.82, 2.24) is 4.31 Å². The molecular weight excluding hydrogens is 525 g/mol. The van der Waals surface area contributed by atoms with Crippen molar-refractivity contribution in [1.29, 1.82) is 0 Å². The van der Waals surface area contributed by atoms with E-state index < -0.39 is 10.0 Å². The highest BCUT2D eigenvalue weighted by atomic mass is 127. The van der Waals surface area contributed by atoms with Crippen LogP contribution in [0.2, 0.25) is 0 Å². The third-order valence-corrected chi connectivity index (χ3v) is 8.34. The van der Waals surface area contributed by atoms with Crippen molar-refractivity contribution in [2.75, 3.05) is 19.4 Å². The molecule has 1 fully saturated rings. The zero-order chi connectivity index (χ0) is 17.3. The summed E-state index contributed by atoms with van der Waals surface area (Å²) in [5, 5.41) is -0.225. The van der Waals surface area contributed by atoms with Gasteiger partial charge in [-0.25, -0.2) is 8.42 Å². The monoisotopic (exact) mass is 539 g/mol. The molecule has 0 N–H and O–H groups in total. The topological polar surface area (TPSA) is 46.6 Å². The quantitative estimate of drug-likeness (QED) is 0.537. The molecule has 1 heterocycles. The van der Waals surface area contributed by atoms with Gasteiger partial charge in [-0.05, 0) is 80.5 Å². The second-order valence-corrected chi connectivity index (χ2v) is 10.4. The number of hydrogen-bond donors (Lipinski definition) is 0. The zero-order valence-corrected chi connectivity index (χ0v) is 18.2. The van der Waals surface area contributed by atoms with Crippen LogP contribution in [0.1, 0.15) is 10.9 Å². The SMILES string of the molecule is COc1ccc(C2SCCN2S(=O)(=O)c2ccc(I)cc2)cc1Br. The summed E-state index contributed by atoms with van der Waals surface area (Å²) >= 11 is 7.28. The maximum atomic E-state index is 13.0. The van der Waals surface area contributed by atoms with Gasteiger partial charge in [0.15, 0.2) is 0 Å². The summed E-state index contributed by atoms with van der Waals surface area (Å²) in [4.78, 5) is 0.336. The molecule has 0 spiro atoms. The van der Waals surface area contributed by atoms with E-state index in [1.54, 1.807) is 35.3 Å². The van der Waals surface area contributed by atoms with E-state index in [-0.39, 0.29) is 5.37 Å². The lowest BCUT2D eigenvalue weighted by molar-refractivity contribution is 0.410. The Morgan fingerprint density at radius 3 is 2.58 bits per heavy atom. The fourth-order valence-electron chi connectivity index (χ4n) is 2.54. The summed E-state index contributed by atoms with van der Waals surface area (Å²) in [6.07, 6.45) is 0. The molecule has 0 bridgehead atoms. The molecule has 1 saturated heterocycles. The molecule has 1 aliphatic rings. The standard InChI is InChI=1S/C16H15BrINO3S2/c1-22-15-7-2-11(10-14(15)17)16-19(8-9-23-16)24(20,21)13-5-3-12(18)4-6-13/h2-7,10,16H,8-9H2,1H3. The molecule has 0 aliphatic carbocycles. The number of rotatable bonds is 4. The van der Waals surface area contributed by atoms with E-state index in [4.69, 9.17) is 4.74 Å². The molecule has 24 heavy (non-hydrogen) atoms. The third kappa shape index (κ3) is 3.62. The highest BCUT2D eigenvalue weighted by Gasteiger charge is 2.37. The van der Waals surface area contributed by atoms with Crippen LogP contribution in [0.5, 0.6) is 5.75 Å². The van der Waals surface area contributed by atoms with Gasteiger partial charge < -0.3 is 4.74 Å². The Morgan fingerprint density at radius 1 is 1.25 bits per heavy atom. The van der Waals surface area contributed by atoms with Crippen LogP contribution in [-0.2, 0) is 10.0 Å². The van der Waals surface area contributed by atoms with Crippen molar-refractivity contribution in [3.8, 4) is 5.75 Å². The van der Waals surface area contributed by atoms with Crippen molar-refractivity contribution >= 4 is 60.3 Å². The lowest BCUT2D eigenvalue weighted by atomic mass is 10.2. The van der Waals surface area contributed by atoms with E-state index in [1.165, 1.54) is 0 Å². The Balaban J connectivity index is 1.95. The van der Waals surface area contributed by atoms with Crippen LogP contribution in [0.25, 0.3) is 0 Å². The number of hydrogen-bond acceptors (Lipinski definition) is 4. The summed E-state index contributed by atoms with van der Waals surface area (Å²) in [5.74, 6) is 1.51. The normalized spacial score (nSPS) is 18.7. The van der Waals surface area contributed by atoms with Crippen LogP contribution < -0.4 is 4.74 Å². The number of nitrogens with zero attached hydrogens (tertiary/aromatic N) is 1. The summed E-state index contributed by atoms with van der Waals surface area (Å²) in [5.41, 5.74) is 0.944. The first-order chi connectivity index (χ1) is 11.4. The Kier molecular flexibility index (Phi) is 5.80. The number of benzene rings is 2. The van der Waals surface area contributed by atoms with Crippen LogP contribution in [0, 0.1) is 3.57 Å². The van der Waals surface area contributed by atoms with Gasteiger partial charge >= 0.3 is 0 Å². The number of ether oxygens (including phenoxy) is 1. The molecule has 8 heteroatoms. The lowest BCUT2D eigenvalue weighted by Gasteiger charge is -2.24. The predicted molar refractivity (Wildman–Crippen MR) is 109 cm³/mol. The highest BCUT2D eigenvalue weighted by Crippen LogP contribution is 2.43. The lowest BCUT2D eigenvalue weighted by Crippen LogP contribution is -2.30. The van der Waals surface area contributed by atoms with E-state index in [1.807, 2.05) is 30.3 Å². The minimum Gasteiger partial charge on any atom is -0.496 e. The largest absolute Gasteiger partial charge is 0.496 e. The summed E-state index contributed by atoms with van der Waals surface area (Å²) in [6, 6.07) is 12.7. The molecule has 0 aromatic heterocycles. The van der Waals surface area contributed by atoms with Crippen LogP contribution in [-0.4, -0.2) is 32.1 Å². The fourth-order valence-corrected chi connectivity index (χ4v) is 6.69. The number of thioether (sulfide) groups is 1. The molecule has 3 rings (SSSR count). The van der Waals surface area contributed by atoms with Gasteiger partial charge in [0.05, 0.1) is 21.9 Å². The summed E-state index contributed by atoms with van der Waals surface area (Å²) in [6.45, 7) is 0.507. The Labute approximate surface area is 168 Å². The fraction of sp³-hybridized carbons (Fsp3) is 0.250. The smallest absolute Gasteiger partial charge is 0.244 e. The van der Waals surface area contributed by atoms with E-state index in [2.05, 4.69) is 38.5 Å². The molecule has 0 amide bonds. The molecule has 128 valence electrons. The van der Waals surface area contributed by atoms with E-state index in [0.29, 0.717) is 11.4 Å². The van der Waals surface area contributed by atoms with Crippen molar-refractivity contribution in [2.45, 2.75) is 10.3 Å². The van der Waals surface area contributed by atoms with Crippen LogP contribution >= 0.6 is 50.3 Å². The maximum absolute atomic E-state index is 13.0. The van der Waals surface area contributed by atoms with Gasteiger partial charge in [-0.3, -0.25) is 0 Å².